The molecule has 0 spiro atoms. The van der Waals surface area contributed by atoms with Crippen molar-refractivity contribution in [3.8, 4) is 0 Å². The first-order chi connectivity index (χ1) is 12.1. The minimum absolute atomic E-state index is 0.686. The molecular formula is C19H21NO5. The lowest BCUT2D eigenvalue weighted by Gasteiger charge is -2.16. The molecule has 0 bridgehead atoms. The summed E-state index contributed by atoms with van der Waals surface area (Å²) in [5, 5.41) is 28.9. The van der Waals surface area contributed by atoms with Gasteiger partial charge in [0.2, 0.25) is 0 Å². The van der Waals surface area contributed by atoms with Crippen LogP contribution in [0, 0.1) is 0 Å². The maximum atomic E-state index is 11.5. The lowest BCUT2D eigenvalue weighted by atomic mass is 9.97. The molecule has 1 aliphatic rings. The number of aliphatic hydroxyl groups excluding tert-OH is 2. The van der Waals surface area contributed by atoms with Gasteiger partial charge in [0.05, 0.1) is 0 Å². The first-order valence-corrected chi connectivity index (χ1v) is 8.18. The van der Waals surface area contributed by atoms with Crippen molar-refractivity contribution in [2.75, 3.05) is 0 Å². The number of benzene rings is 2. The molecule has 2 aromatic carbocycles. The summed E-state index contributed by atoms with van der Waals surface area (Å²) in [6, 6.07) is 17.7. The number of carbonyl (C=O) groups is 1. The lowest BCUT2D eigenvalue weighted by molar-refractivity contribution is -0.144. The Morgan fingerprint density at radius 1 is 0.960 bits per heavy atom. The fraction of sp³-hybridized carbons (Fsp3) is 0.316. The molecule has 4 N–H and O–H groups in total. The van der Waals surface area contributed by atoms with E-state index in [-0.39, 0.29) is 0 Å². The summed E-state index contributed by atoms with van der Waals surface area (Å²) in [6.45, 7) is 0. The van der Waals surface area contributed by atoms with E-state index in [1.54, 1.807) is 6.07 Å². The van der Waals surface area contributed by atoms with Crippen LogP contribution in [0.15, 0.2) is 54.6 Å². The van der Waals surface area contributed by atoms with Crippen LogP contribution in [-0.4, -0.2) is 39.6 Å². The second-order valence-electron chi connectivity index (χ2n) is 6.17. The van der Waals surface area contributed by atoms with Gasteiger partial charge in [0.1, 0.15) is 18.3 Å². The van der Waals surface area contributed by atoms with Crippen LogP contribution in [-0.2, 0) is 22.4 Å². The quantitative estimate of drug-likeness (QED) is 0.482. The van der Waals surface area contributed by atoms with Crippen molar-refractivity contribution in [1.82, 2.24) is 5.48 Å². The molecule has 1 amide bonds. The number of ether oxygens (including phenoxy) is 1. The third-order valence-electron chi connectivity index (χ3n) is 4.46. The molecule has 0 aliphatic carbocycles. The zero-order chi connectivity index (χ0) is 17.8. The third kappa shape index (κ3) is 3.88. The van der Waals surface area contributed by atoms with E-state index < -0.39 is 30.3 Å². The number of carbonyl (C=O) groups excluding carboxylic acids is 1. The van der Waals surface area contributed by atoms with E-state index in [1.165, 1.54) is 11.0 Å². The summed E-state index contributed by atoms with van der Waals surface area (Å²) in [4.78, 5) is 11.5. The molecule has 0 radical (unpaired) electrons. The Bertz CT molecular complexity index is 721. The average molecular weight is 343 g/mol. The van der Waals surface area contributed by atoms with Gasteiger partial charge < -0.3 is 14.9 Å². The molecule has 132 valence electrons. The zero-order valence-corrected chi connectivity index (χ0v) is 13.6. The van der Waals surface area contributed by atoms with Gasteiger partial charge >= 0.3 is 0 Å². The van der Waals surface area contributed by atoms with Gasteiger partial charge in [0.25, 0.3) is 5.91 Å². The summed E-state index contributed by atoms with van der Waals surface area (Å²) < 4.78 is 5.47. The van der Waals surface area contributed by atoms with Crippen LogP contribution in [0.2, 0.25) is 0 Å². The Morgan fingerprint density at radius 3 is 2.36 bits per heavy atom. The van der Waals surface area contributed by atoms with Crippen molar-refractivity contribution < 1.29 is 25.0 Å². The predicted molar refractivity (Wildman–Crippen MR) is 89.8 cm³/mol. The first-order valence-electron chi connectivity index (χ1n) is 8.18. The molecule has 1 fully saturated rings. The minimum Gasteiger partial charge on any atom is -0.387 e. The van der Waals surface area contributed by atoms with E-state index in [1.807, 2.05) is 36.4 Å². The smallest absolute Gasteiger partial charge is 0.275 e. The van der Waals surface area contributed by atoms with Crippen molar-refractivity contribution in [1.29, 1.82) is 0 Å². The maximum Gasteiger partial charge on any atom is 0.275 e. The van der Waals surface area contributed by atoms with Gasteiger partial charge in [-0.2, -0.15) is 0 Å². The molecule has 1 aliphatic heterocycles. The van der Waals surface area contributed by atoms with Gasteiger partial charge in [-0.15, -0.1) is 0 Å². The highest BCUT2D eigenvalue weighted by Crippen LogP contribution is 2.34. The van der Waals surface area contributed by atoms with Crippen LogP contribution in [0.3, 0.4) is 0 Å². The molecule has 4 atom stereocenters. The van der Waals surface area contributed by atoms with Gasteiger partial charge in [-0.3, -0.25) is 10.0 Å². The topological polar surface area (TPSA) is 99.0 Å². The second kappa shape index (κ2) is 7.76. The van der Waals surface area contributed by atoms with E-state index in [0.29, 0.717) is 5.56 Å². The van der Waals surface area contributed by atoms with E-state index in [0.717, 1.165) is 18.4 Å². The Morgan fingerprint density at radius 2 is 1.64 bits per heavy atom. The molecule has 25 heavy (non-hydrogen) atoms. The van der Waals surface area contributed by atoms with E-state index in [2.05, 4.69) is 12.1 Å². The molecule has 1 heterocycles. The third-order valence-corrected chi connectivity index (χ3v) is 4.46. The number of aliphatic hydroxyl groups is 2. The molecular weight excluding hydrogens is 322 g/mol. The monoisotopic (exact) mass is 343 g/mol. The Balaban J connectivity index is 1.72. The first kappa shape index (κ1) is 17.6. The highest BCUT2D eigenvalue weighted by Gasteiger charge is 2.46. The number of amides is 1. The molecule has 3 rings (SSSR count). The standard InChI is InChI=1S/C19H21NO5/c21-15-16(22)18(19(23)20-24)25-17(15)14-8-4-7-13(11-14)10-9-12-5-2-1-3-6-12/h1-8,11,15-18,21-22,24H,9-10H2,(H,20,23)/t15-,16+,17-,18-/m0/s1. The lowest BCUT2D eigenvalue weighted by Crippen LogP contribution is -2.41. The van der Waals surface area contributed by atoms with Crippen molar-refractivity contribution in [3.63, 3.8) is 0 Å². The van der Waals surface area contributed by atoms with Crippen LogP contribution >= 0.6 is 0 Å². The number of rotatable bonds is 5. The molecule has 6 heteroatoms. The molecule has 0 aromatic heterocycles. The Hall–Kier alpha value is -2.25. The maximum absolute atomic E-state index is 11.5. The SMILES string of the molecule is O=C(NO)[C@H]1O[C@@H](c2cccc(CCc3ccccc3)c2)[C@@H](O)[C@H]1O. The van der Waals surface area contributed by atoms with Crippen LogP contribution in [0.5, 0.6) is 0 Å². The summed E-state index contributed by atoms with van der Waals surface area (Å²) in [6.07, 6.45) is -3.07. The number of hydrogen-bond donors (Lipinski definition) is 4. The van der Waals surface area contributed by atoms with Gasteiger partial charge in [-0.25, -0.2) is 5.48 Å². The van der Waals surface area contributed by atoms with E-state index in [4.69, 9.17) is 9.94 Å². The fourth-order valence-corrected chi connectivity index (χ4v) is 3.09. The highest BCUT2D eigenvalue weighted by molar-refractivity contribution is 5.80. The predicted octanol–water partition coefficient (Wildman–Crippen LogP) is 1.14. The molecule has 2 aromatic rings. The van der Waals surface area contributed by atoms with Crippen molar-refractivity contribution in [2.45, 2.75) is 37.3 Å². The van der Waals surface area contributed by atoms with Gasteiger partial charge in [-0.05, 0) is 29.5 Å². The molecule has 1 saturated heterocycles. The largest absolute Gasteiger partial charge is 0.387 e. The molecule has 0 saturated carbocycles. The van der Waals surface area contributed by atoms with Crippen molar-refractivity contribution >= 4 is 5.91 Å². The minimum atomic E-state index is -1.40. The number of nitrogens with one attached hydrogen (secondary N) is 1. The number of hydrogen-bond acceptors (Lipinski definition) is 5. The molecule has 6 nitrogen and oxygen atoms in total. The van der Waals surface area contributed by atoms with Crippen LogP contribution in [0.1, 0.15) is 22.8 Å². The number of hydroxylamine groups is 1. The van der Waals surface area contributed by atoms with E-state index >= 15 is 0 Å². The van der Waals surface area contributed by atoms with Gasteiger partial charge in [-0.1, -0.05) is 54.6 Å². The summed E-state index contributed by atoms with van der Waals surface area (Å²) in [5.74, 6) is -0.880. The zero-order valence-electron chi connectivity index (χ0n) is 13.6. The normalized spacial score (nSPS) is 25.7. The van der Waals surface area contributed by atoms with Crippen LogP contribution in [0.25, 0.3) is 0 Å². The van der Waals surface area contributed by atoms with Gasteiger partial charge in [0.15, 0.2) is 6.10 Å². The summed E-state index contributed by atoms with van der Waals surface area (Å²) in [7, 11) is 0. The van der Waals surface area contributed by atoms with E-state index in [9.17, 15) is 15.0 Å². The van der Waals surface area contributed by atoms with Crippen molar-refractivity contribution in [2.24, 2.45) is 0 Å². The van der Waals surface area contributed by atoms with Crippen LogP contribution in [0.4, 0.5) is 0 Å². The summed E-state index contributed by atoms with van der Waals surface area (Å²) >= 11 is 0. The molecule has 0 unspecified atom stereocenters. The van der Waals surface area contributed by atoms with Crippen molar-refractivity contribution in [3.05, 3.63) is 71.3 Å². The number of aryl methyl sites for hydroxylation is 2. The average Bonchev–Trinajstić information content (AvgIpc) is 2.96. The van der Waals surface area contributed by atoms with Gasteiger partial charge in [0, 0.05) is 0 Å². The Kier molecular flexibility index (Phi) is 5.45. The second-order valence-corrected chi connectivity index (χ2v) is 6.17. The summed E-state index contributed by atoms with van der Waals surface area (Å²) in [5.41, 5.74) is 4.44. The van der Waals surface area contributed by atoms with Crippen LogP contribution < -0.4 is 5.48 Å². The highest BCUT2D eigenvalue weighted by atomic mass is 16.6. The fourth-order valence-electron chi connectivity index (χ4n) is 3.09. The Labute approximate surface area is 145 Å².